The minimum Gasteiger partial charge on any atom is -0.444 e. The van der Waals surface area contributed by atoms with Crippen molar-refractivity contribution < 1.29 is 23.9 Å². The molecule has 4 rings (SSSR count). The predicted octanol–water partition coefficient (Wildman–Crippen LogP) is 6.33. The van der Waals surface area contributed by atoms with Gasteiger partial charge in [-0.3, -0.25) is 9.69 Å². The summed E-state index contributed by atoms with van der Waals surface area (Å²) >= 11 is 8.98. The van der Waals surface area contributed by atoms with Gasteiger partial charge < -0.3 is 14.4 Å². The van der Waals surface area contributed by atoms with Crippen LogP contribution < -0.4 is 4.90 Å². The van der Waals surface area contributed by atoms with E-state index in [4.69, 9.17) is 21.1 Å². The summed E-state index contributed by atoms with van der Waals surface area (Å²) in [7, 11) is 0. The number of hydrogen-bond donors (Lipinski definition) is 0. The lowest BCUT2D eigenvalue weighted by molar-refractivity contribution is -0.121. The number of fused-ring (bicyclic) bond motifs is 1. The molecule has 202 valence electrons. The van der Waals surface area contributed by atoms with Gasteiger partial charge in [0.2, 0.25) is 5.91 Å². The molecular formula is C27H30ClIN4O5. The normalized spacial score (nSPS) is 14.7. The first-order valence-corrected chi connectivity index (χ1v) is 13.6. The topological polar surface area (TPSA) is 94.0 Å². The average Bonchev–Trinajstić information content (AvgIpc) is 3.14. The highest BCUT2D eigenvalue weighted by Gasteiger charge is 2.31. The number of anilines is 1. The van der Waals surface area contributed by atoms with Crippen LogP contribution in [0.2, 0.25) is 5.02 Å². The summed E-state index contributed by atoms with van der Waals surface area (Å²) in [6, 6.07) is 7.44. The maximum absolute atomic E-state index is 13.0. The molecule has 0 N–H and O–H groups in total. The Bertz CT molecular complexity index is 1420. The second kappa shape index (κ2) is 10.4. The zero-order valence-electron chi connectivity index (χ0n) is 22.2. The van der Waals surface area contributed by atoms with E-state index in [0.29, 0.717) is 40.4 Å². The Morgan fingerprint density at radius 3 is 2.32 bits per heavy atom. The molecule has 1 aromatic carbocycles. The number of hydrogen-bond acceptors (Lipinski definition) is 6. The fourth-order valence-electron chi connectivity index (χ4n) is 4.03. The van der Waals surface area contributed by atoms with Crippen LogP contribution in [0, 0.1) is 3.57 Å². The Balaban J connectivity index is 1.60. The quantitative estimate of drug-likeness (QED) is 0.301. The average molecular weight is 653 g/mol. The van der Waals surface area contributed by atoms with E-state index >= 15 is 0 Å². The summed E-state index contributed by atoms with van der Waals surface area (Å²) in [4.78, 5) is 45.7. The van der Waals surface area contributed by atoms with Crippen molar-refractivity contribution in [1.82, 2.24) is 14.5 Å². The number of aromatic nitrogens is 2. The SMILES string of the molecule is CC(C)(C)OC(=O)N1CCN(c2cccc(-c3cnc4c(c(I)cn4C(=O)OC(C)(C)C)c3Cl)c2)C(=O)C1. The van der Waals surface area contributed by atoms with Gasteiger partial charge in [0.15, 0.2) is 5.65 Å². The van der Waals surface area contributed by atoms with Crippen LogP contribution in [-0.2, 0) is 14.3 Å². The van der Waals surface area contributed by atoms with E-state index < -0.39 is 23.4 Å². The van der Waals surface area contributed by atoms with Gasteiger partial charge in [0.25, 0.3) is 0 Å². The highest BCUT2D eigenvalue weighted by molar-refractivity contribution is 14.1. The van der Waals surface area contributed by atoms with Crippen LogP contribution in [0.15, 0.2) is 36.7 Å². The lowest BCUT2D eigenvalue weighted by atomic mass is 10.1. The number of piperazine rings is 1. The summed E-state index contributed by atoms with van der Waals surface area (Å²) in [5.74, 6) is -0.206. The highest BCUT2D eigenvalue weighted by atomic mass is 127. The molecule has 0 saturated carbocycles. The summed E-state index contributed by atoms with van der Waals surface area (Å²) in [5.41, 5.74) is 1.24. The van der Waals surface area contributed by atoms with Crippen LogP contribution >= 0.6 is 34.2 Å². The zero-order valence-corrected chi connectivity index (χ0v) is 25.1. The number of carbonyl (C=O) groups is 3. The molecule has 1 aliphatic heterocycles. The van der Waals surface area contributed by atoms with E-state index in [-0.39, 0.29) is 12.5 Å². The lowest BCUT2D eigenvalue weighted by Crippen LogP contribution is -2.53. The molecule has 1 saturated heterocycles. The van der Waals surface area contributed by atoms with Crippen LogP contribution in [0.25, 0.3) is 22.2 Å². The van der Waals surface area contributed by atoms with Crippen LogP contribution in [0.4, 0.5) is 15.3 Å². The van der Waals surface area contributed by atoms with Crippen molar-refractivity contribution in [2.75, 3.05) is 24.5 Å². The number of amides is 2. The minimum atomic E-state index is -0.654. The first kappa shape index (κ1) is 28.2. The third-order valence-corrected chi connectivity index (χ3v) is 6.85. The van der Waals surface area contributed by atoms with Crippen molar-refractivity contribution >= 4 is 69.0 Å². The van der Waals surface area contributed by atoms with E-state index in [1.54, 1.807) is 58.8 Å². The summed E-state index contributed by atoms with van der Waals surface area (Å²) < 4.78 is 13.0. The number of nitrogens with zero attached hydrogens (tertiary/aromatic N) is 4. The van der Waals surface area contributed by atoms with Gasteiger partial charge in [-0.15, -0.1) is 0 Å². The number of rotatable bonds is 2. The summed E-state index contributed by atoms with van der Waals surface area (Å²) in [6.45, 7) is 11.4. The molecule has 0 spiro atoms. The first-order valence-electron chi connectivity index (χ1n) is 12.1. The number of carbonyl (C=O) groups excluding carboxylic acids is 3. The second-order valence-corrected chi connectivity index (χ2v) is 12.5. The van der Waals surface area contributed by atoms with Gasteiger partial charge in [0.1, 0.15) is 17.7 Å². The van der Waals surface area contributed by atoms with Crippen molar-refractivity contribution in [2.45, 2.75) is 52.7 Å². The van der Waals surface area contributed by atoms with Gasteiger partial charge in [-0.25, -0.2) is 19.1 Å². The standard InChI is InChI=1S/C27H30ClIN4O5/c1-26(2,3)37-24(35)31-10-11-32(20(34)15-31)17-9-7-8-16(12-17)18-13-30-23-21(22(18)28)19(29)14-33(23)25(36)38-27(4,5)6/h7-9,12-14H,10-11,15H2,1-6H3. The van der Waals surface area contributed by atoms with Crippen LogP contribution in [0.5, 0.6) is 0 Å². The van der Waals surface area contributed by atoms with Gasteiger partial charge in [0.05, 0.1) is 10.4 Å². The van der Waals surface area contributed by atoms with Gasteiger partial charge in [-0.05, 0) is 81.8 Å². The second-order valence-electron chi connectivity index (χ2n) is 11.0. The zero-order chi connectivity index (χ0) is 28.0. The molecule has 0 unspecified atom stereocenters. The van der Waals surface area contributed by atoms with Gasteiger partial charge >= 0.3 is 12.2 Å². The van der Waals surface area contributed by atoms with Crippen LogP contribution in [-0.4, -0.2) is 63.4 Å². The lowest BCUT2D eigenvalue weighted by Gasteiger charge is -2.35. The Kier molecular flexibility index (Phi) is 7.68. The minimum absolute atomic E-state index is 0.0657. The number of benzene rings is 1. The fourth-order valence-corrected chi connectivity index (χ4v) is 5.33. The summed E-state index contributed by atoms with van der Waals surface area (Å²) in [6.07, 6.45) is 2.23. The molecule has 9 nitrogen and oxygen atoms in total. The van der Waals surface area contributed by atoms with Gasteiger partial charge in [-0.2, -0.15) is 0 Å². The molecular weight excluding hydrogens is 623 g/mol. The molecule has 0 bridgehead atoms. The Labute approximate surface area is 240 Å². The molecule has 38 heavy (non-hydrogen) atoms. The maximum Gasteiger partial charge on any atom is 0.420 e. The number of halogens is 2. The Hall–Kier alpha value is -2.86. The van der Waals surface area contributed by atoms with E-state index in [0.717, 1.165) is 9.13 Å². The molecule has 11 heteroatoms. The number of pyridine rings is 1. The fraction of sp³-hybridized carbons (Fsp3) is 0.407. The smallest absolute Gasteiger partial charge is 0.420 e. The Morgan fingerprint density at radius 2 is 1.68 bits per heavy atom. The van der Waals surface area contributed by atoms with E-state index in [1.165, 1.54) is 9.47 Å². The summed E-state index contributed by atoms with van der Waals surface area (Å²) in [5, 5.41) is 1.09. The van der Waals surface area contributed by atoms with Crippen LogP contribution in [0.3, 0.4) is 0 Å². The maximum atomic E-state index is 13.0. The van der Waals surface area contributed by atoms with E-state index in [9.17, 15) is 14.4 Å². The molecule has 2 amide bonds. The molecule has 0 radical (unpaired) electrons. The molecule has 1 fully saturated rings. The molecule has 0 atom stereocenters. The van der Waals surface area contributed by atoms with Gasteiger partial charge in [0, 0.05) is 40.3 Å². The third-order valence-electron chi connectivity index (χ3n) is 5.64. The number of ether oxygens (including phenoxy) is 2. The van der Waals surface area contributed by atoms with Crippen molar-refractivity contribution in [2.24, 2.45) is 0 Å². The molecule has 2 aromatic heterocycles. The Morgan fingerprint density at radius 1 is 1.03 bits per heavy atom. The molecule has 3 heterocycles. The highest BCUT2D eigenvalue weighted by Crippen LogP contribution is 2.37. The monoisotopic (exact) mass is 652 g/mol. The van der Waals surface area contributed by atoms with Crippen LogP contribution in [0.1, 0.15) is 41.5 Å². The largest absolute Gasteiger partial charge is 0.444 e. The van der Waals surface area contributed by atoms with E-state index in [1.807, 2.05) is 24.3 Å². The van der Waals surface area contributed by atoms with Crippen molar-refractivity contribution in [1.29, 1.82) is 0 Å². The molecule has 3 aromatic rings. The third kappa shape index (κ3) is 6.06. The van der Waals surface area contributed by atoms with E-state index in [2.05, 4.69) is 27.6 Å². The molecule has 1 aliphatic rings. The van der Waals surface area contributed by atoms with Crippen molar-refractivity contribution in [3.8, 4) is 11.1 Å². The molecule has 0 aliphatic carbocycles. The predicted molar refractivity (Wildman–Crippen MR) is 155 cm³/mol. The van der Waals surface area contributed by atoms with Crippen molar-refractivity contribution in [3.63, 3.8) is 0 Å². The van der Waals surface area contributed by atoms with Crippen molar-refractivity contribution in [3.05, 3.63) is 45.3 Å². The van der Waals surface area contributed by atoms with Gasteiger partial charge in [-0.1, -0.05) is 23.7 Å². The first-order chi connectivity index (χ1) is 17.6.